The van der Waals surface area contributed by atoms with E-state index in [4.69, 9.17) is 5.73 Å². The smallest absolute Gasteiger partial charge is 0.0820 e. The van der Waals surface area contributed by atoms with Crippen LogP contribution in [0.2, 0.25) is 0 Å². The summed E-state index contributed by atoms with van der Waals surface area (Å²) < 4.78 is 0. The van der Waals surface area contributed by atoms with Crippen molar-refractivity contribution >= 4 is 0 Å². The predicted octanol–water partition coefficient (Wildman–Crippen LogP) is 1.11. The van der Waals surface area contributed by atoms with Crippen LogP contribution < -0.4 is 16.6 Å². The van der Waals surface area contributed by atoms with Gasteiger partial charge in [-0.1, -0.05) is 19.3 Å². The summed E-state index contributed by atoms with van der Waals surface area (Å²) in [4.78, 5) is 0. The highest BCUT2D eigenvalue weighted by Gasteiger charge is 2.36. The fourth-order valence-corrected chi connectivity index (χ4v) is 2.68. The van der Waals surface area contributed by atoms with Crippen LogP contribution in [0.15, 0.2) is 0 Å². The Morgan fingerprint density at radius 1 is 1.08 bits per heavy atom. The molecule has 2 rings (SSSR count). The summed E-state index contributed by atoms with van der Waals surface area (Å²) in [5, 5.41) is 0. The number of hydrogen-bond acceptors (Lipinski definition) is 3. The van der Waals surface area contributed by atoms with Gasteiger partial charge in [0.1, 0.15) is 0 Å². The first-order valence-electron chi connectivity index (χ1n) is 5.60. The molecular weight excluding hydrogens is 162 g/mol. The van der Waals surface area contributed by atoms with Gasteiger partial charge >= 0.3 is 0 Å². The van der Waals surface area contributed by atoms with Gasteiger partial charge in [-0.15, -0.1) is 0 Å². The zero-order chi connectivity index (χ0) is 9.15. The number of hydrogen-bond donors (Lipinski definition) is 3. The van der Waals surface area contributed by atoms with E-state index in [1.54, 1.807) is 0 Å². The van der Waals surface area contributed by atoms with Gasteiger partial charge in [0.2, 0.25) is 0 Å². The summed E-state index contributed by atoms with van der Waals surface area (Å²) in [7, 11) is 0. The molecule has 1 aliphatic carbocycles. The fourth-order valence-electron chi connectivity index (χ4n) is 2.68. The lowest BCUT2D eigenvalue weighted by Gasteiger charge is -2.43. The Kier molecular flexibility index (Phi) is 2.86. The Balaban J connectivity index is 1.94. The van der Waals surface area contributed by atoms with Gasteiger partial charge in [0.25, 0.3) is 0 Å². The normalized spacial score (nSPS) is 37.6. The van der Waals surface area contributed by atoms with Crippen molar-refractivity contribution in [2.24, 2.45) is 11.7 Å². The molecule has 0 aromatic heterocycles. The van der Waals surface area contributed by atoms with Crippen LogP contribution in [0.1, 0.15) is 44.9 Å². The van der Waals surface area contributed by atoms with E-state index < -0.39 is 0 Å². The van der Waals surface area contributed by atoms with Crippen molar-refractivity contribution in [3.05, 3.63) is 0 Å². The van der Waals surface area contributed by atoms with Crippen LogP contribution in [0.3, 0.4) is 0 Å². The van der Waals surface area contributed by atoms with E-state index in [9.17, 15) is 0 Å². The molecule has 0 aromatic rings. The molecule has 0 bridgehead atoms. The molecule has 4 N–H and O–H groups in total. The summed E-state index contributed by atoms with van der Waals surface area (Å²) in [6.45, 7) is 1.06. The Morgan fingerprint density at radius 3 is 2.46 bits per heavy atom. The topological polar surface area (TPSA) is 50.1 Å². The molecule has 2 fully saturated rings. The third kappa shape index (κ3) is 2.03. The van der Waals surface area contributed by atoms with Crippen LogP contribution in [-0.4, -0.2) is 12.2 Å². The Bertz CT molecular complexity index is 158. The number of rotatable bonds is 1. The van der Waals surface area contributed by atoms with Crippen LogP contribution in [0.4, 0.5) is 0 Å². The molecule has 3 heteroatoms. The average molecular weight is 183 g/mol. The maximum Gasteiger partial charge on any atom is 0.0820 e. The lowest BCUT2D eigenvalue weighted by Crippen LogP contribution is -2.66. The molecule has 1 heterocycles. The minimum Gasteiger partial charge on any atom is -0.312 e. The van der Waals surface area contributed by atoms with Gasteiger partial charge < -0.3 is 5.73 Å². The van der Waals surface area contributed by atoms with Crippen molar-refractivity contribution in [1.29, 1.82) is 0 Å². The first-order valence-corrected chi connectivity index (χ1v) is 5.60. The SMILES string of the molecule is NC1(C2CCCCC2)CCCNN1. The number of nitrogens with one attached hydrogen (secondary N) is 2. The molecule has 1 atom stereocenters. The van der Waals surface area contributed by atoms with Crippen molar-refractivity contribution in [2.75, 3.05) is 6.54 Å². The molecule has 2 aliphatic rings. The molecule has 3 nitrogen and oxygen atoms in total. The van der Waals surface area contributed by atoms with Crippen molar-refractivity contribution in [3.8, 4) is 0 Å². The zero-order valence-electron chi connectivity index (χ0n) is 8.31. The molecule has 0 radical (unpaired) electrons. The summed E-state index contributed by atoms with van der Waals surface area (Å²) in [6.07, 6.45) is 9.09. The average Bonchev–Trinajstić information content (AvgIpc) is 2.20. The second kappa shape index (κ2) is 3.95. The van der Waals surface area contributed by atoms with Crippen LogP contribution >= 0.6 is 0 Å². The highest BCUT2D eigenvalue weighted by Crippen LogP contribution is 2.32. The molecule has 76 valence electrons. The van der Waals surface area contributed by atoms with Crippen molar-refractivity contribution in [3.63, 3.8) is 0 Å². The Labute approximate surface area is 80.4 Å². The Morgan fingerprint density at radius 2 is 1.85 bits per heavy atom. The third-order valence-electron chi connectivity index (χ3n) is 3.55. The monoisotopic (exact) mass is 183 g/mol. The summed E-state index contributed by atoms with van der Waals surface area (Å²) in [5.41, 5.74) is 12.7. The third-order valence-corrected chi connectivity index (χ3v) is 3.55. The van der Waals surface area contributed by atoms with E-state index in [1.165, 1.54) is 38.5 Å². The maximum absolute atomic E-state index is 6.36. The fraction of sp³-hybridized carbons (Fsp3) is 1.00. The van der Waals surface area contributed by atoms with Crippen LogP contribution in [0.5, 0.6) is 0 Å². The number of hydrazine groups is 1. The predicted molar refractivity (Wildman–Crippen MR) is 53.9 cm³/mol. The molecular formula is C10H21N3. The van der Waals surface area contributed by atoms with Gasteiger partial charge in [0.05, 0.1) is 5.66 Å². The largest absolute Gasteiger partial charge is 0.312 e. The highest BCUT2D eigenvalue weighted by atomic mass is 15.4. The van der Waals surface area contributed by atoms with E-state index in [1.807, 2.05) is 0 Å². The highest BCUT2D eigenvalue weighted by molar-refractivity contribution is 4.91. The first kappa shape index (κ1) is 9.44. The molecule has 1 saturated carbocycles. The zero-order valence-corrected chi connectivity index (χ0v) is 8.31. The minimum atomic E-state index is -0.112. The van der Waals surface area contributed by atoms with Crippen molar-refractivity contribution < 1.29 is 0 Å². The van der Waals surface area contributed by atoms with Gasteiger partial charge in [-0.2, -0.15) is 0 Å². The molecule has 0 amide bonds. The van der Waals surface area contributed by atoms with Gasteiger partial charge in [0.15, 0.2) is 0 Å². The molecule has 1 aliphatic heterocycles. The Hall–Kier alpha value is -0.120. The minimum absolute atomic E-state index is 0.112. The van der Waals surface area contributed by atoms with Crippen molar-refractivity contribution in [2.45, 2.75) is 50.6 Å². The standard InChI is InChI=1S/C10H21N3/c11-10(7-4-8-12-13-10)9-5-2-1-3-6-9/h9,12-13H,1-8,11H2. The second-order valence-corrected chi connectivity index (χ2v) is 4.53. The van der Waals surface area contributed by atoms with E-state index in [2.05, 4.69) is 10.9 Å². The quantitative estimate of drug-likeness (QED) is 0.571. The lowest BCUT2D eigenvalue weighted by atomic mass is 9.78. The first-order chi connectivity index (χ1) is 6.31. The van der Waals surface area contributed by atoms with E-state index in [-0.39, 0.29) is 5.66 Å². The van der Waals surface area contributed by atoms with E-state index in [0.717, 1.165) is 13.0 Å². The van der Waals surface area contributed by atoms with Gasteiger partial charge in [-0.05, 0) is 31.6 Å². The number of nitrogens with two attached hydrogens (primary N) is 1. The maximum atomic E-state index is 6.36. The van der Waals surface area contributed by atoms with Crippen LogP contribution in [-0.2, 0) is 0 Å². The molecule has 0 aromatic carbocycles. The molecule has 1 saturated heterocycles. The molecule has 13 heavy (non-hydrogen) atoms. The lowest BCUT2D eigenvalue weighted by molar-refractivity contribution is 0.109. The van der Waals surface area contributed by atoms with Gasteiger partial charge in [0, 0.05) is 6.54 Å². The van der Waals surface area contributed by atoms with Crippen LogP contribution in [0.25, 0.3) is 0 Å². The summed E-state index contributed by atoms with van der Waals surface area (Å²) in [6, 6.07) is 0. The van der Waals surface area contributed by atoms with Gasteiger partial charge in [-0.3, -0.25) is 5.43 Å². The second-order valence-electron chi connectivity index (χ2n) is 4.53. The summed E-state index contributed by atoms with van der Waals surface area (Å²) in [5.74, 6) is 0.689. The van der Waals surface area contributed by atoms with Gasteiger partial charge in [-0.25, -0.2) is 5.43 Å². The van der Waals surface area contributed by atoms with Crippen LogP contribution in [0, 0.1) is 5.92 Å². The van der Waals surface area contributed by atoms with E-state index in [0.29, 0.717) is 5.92 Å². The van der Waals surface area contributed by atoms with E-state index >= 15 is 0 Å². The summed E-state index contributed by atoms with van der Waals surface area (Å²) >= 11 is 0. The molecule has 0 spiro atoms. The molecule has 1 unspecified atom stereocenters. The van der Waals surface area contributed by atoms with Crippen molar-refractivity contribution in [1.82, 2.24) is 10.9 Å².